The molecule has 3 aromatic carbocycles. The number of hydrogen-bond acceptors (Lipinski definition) is 4. The topological polar surface area (TPSA) is 90.1 Å². The number of aromatic amines is 1. The minimum Gasteiger partial charge on any atom is -0.345 e. The average Bonchev–Trinajstić information content (AvgIpc) is 3.34. The first-order valence-corrected chi connectivity index (χ1v) is 12.5. The predicted molar refractivity (Wildman–Crippen MR) is 143 cm³/mol. The molecule has 1 aliphatic rings. The molecule has 2 unspecified atom stereocenters. The summed E-state index contributed by atoms with van der Waals surface area (Å²) in [6.07, 6.45) is 2.40. The molecule has 7 nitrogen and oxygen atoms in total. The van der Waals surface area contributed by atoms with Crippen LogP contribution in [0.15, 0.2) is 78.9 Å². The molecule has 1 fully saturated rings. The van der Waals surface area contributed by atoms with Gasteiger partial charge in [-0.25, -0.2) is 4.98 Å². The first kappa shape index (κ1) is 23.6. The van der Waals surface area contributed by atoms with Gasteiger partial charge in [-0.3, -0.25) is 9.59 Å². The first-order chi connectivity index (χ1) is 17.5. The van der Waals surface area contributed by atoms with Gasteiger partial charge >= 0.3 is 11.8 Å². The zero-order chi connectivity index (χ0) is 24.9. The average molecular weight is 482 g/mol. The van der Waals surface area contributed by atoms with E-state index in [1.807, 2.05) is 49.4 Å². The quantitative estimate of drug-likeness (QED) is 0.362. The third kappa shape index (κ3) is 5.57. The van der Waals surface area contributed by atoms with Crippen molar-refractivity contribution in [3.63, 3.8) is 0 Å². The number of aromatic nitrogens is 2. The van der Waals surface area contributed by atoms with Gasteiger partial charge in [-0.2, -0.15) is 0 Å². The number of para-hydroxylation sites is 2. The minimum absolute atomic E-state index is 0.106. The van der Waals surface area contributed by atoms with Crippen LogP contribution in [-0.4, -0.2) is 47.0 Å². The molecule has 0 spiro atoms. The van der Waals surface area contributed by atoms with Gasteiger partial charge < -0.3 is 20.5 Å². The zero-order valence-corrected chi connectivity index (χ0v) is 20.4. The molecule has 0 saturated carbocycles. The number of rotatable bonds is 6. The Hall–Kier alpha value is -4.13. The lowest BCUT2D eigenvalue weighted by Gasteiger charge is -2.32. The van der Waals surface area contributed by atoms with Crippen LogP contribution in [0, 0.1) is 0 Å². The van der Waals surface area contributed by atoms with Crippen molar-refractivity contribution in [1.29, 1.82) is 0 Å². The molecule has 0 radical (unpaired) electrons. The van der Waals surface area contributed by atoms with E-state index in [2.05, 4.69) is 61.9 Å². The maximum Gasteiger partial charge on any atom is 0.309 e. The number of carbonyl (C=O) groups excluding carboxylic acids is 2. The van der Waals surface area contributed by atoms with Crippen molar-refractivity contribution in [1.82, 2.24) is 20.6 Å². The second-order valence-electron chi connectivity index (χ2n) is 9.48. The molecule has 0 bridgehead atoms. The highest BCUT2D eigenvalue weighted by atomic mass is 16.2. The summed E-state index contributed by atoms with van der Waals surface area (Å²) in [5, 5.41) is 5.75. The zero-order valence-electron chi connectivity index (χ0n) is 20.4. The lowest BCUT2D eigenvalue weighted by atomic mass is 10.0. The number of hydrogen-bond donors (Lipinski definition) is 3. The Kier molecular flexibility index (Phi) is 6.98. The summed E-state index contributed by atoms with van der Waals surface area (Å²) < 4.78 is 0. The Labute approximate surface area is 210 Å². The van der Waals surface area contributed by atoms with Gasteiger partial charge in [0.05, 0.1) is 11.0 Å². The third-order valence-electron chi connectivity index (χ3n) is 6.62. The molecule has 36 heavy (non-hydrogen) atoms. The molecule has 3 N–H and O–H groups in total. The van der Waals surface area contributed by atoms with Crippen molar-refractivity contribution in [2.45, 2.75) is 38.3 Å². The molecule has 1 aliphatic heterocycles. The fraction of sp³-hybridized carbons (Fsp3) is 0.276. The summed E-state index contributed by atoms with van der Waals surface area (Å²) in [7, 11) is 0. The smallest absolute Gasteiger partial charge is 0.309 e. The van der Waals surface area contributed by atoms with Crippen LogP contribution in [0.5, 0.6) is 0 Å². The second kappa shape index (κ2) is 10.6. The van der Waals surface area contributed by atoms with Gasteiger partial charge in [-0.1, -0.05) is 66.7 Å². The molecule has 0 aliphatic carbocycles. The highest BCUT2D eigenvalue weighted by Crippen LogP contribution is 2.21. The number of anilines is 1. The lowest BCUT2D eigenvalue weighted by Crippen LogP contribution is -2.52. The van der Waals surface area contributed by atoms with E-state index in [4.69, 9.17) is 0 Å². The van der Waals surface area contributed by atoms with Crippen LogP contribution in [0.1, 0.15) is 25.3 Å². The summed E-state index contributed by atoms with van der Waals surface area (Å²) in [5.41, 5.74) is 5.34. The van der Waals surface area contributed by atoms with E-state index in [-0.39, 0.29) is 12.1 Å². The van der Waals surface area contributed by atoms with E-state index >= 15 is 0 Å². The van der Waals surface area contributed by atoms with E-state index in [1.165, 1.54) is 5.56 Å². The third-order valence-corrected chi connectivity index (χ3v) is 6.62. The number of nitrogens with one attached hydrogen (secondary N) is 3. The van der Waals surface area contributed by atoms with Crippen molar-refractivity contribution >= 4 is 28.8 Å². The maximum absolute atomic E-state index is 12.6. The Morgan fingerprint density at radius 3 is 2.47 bits per heavy atom. The Morgan fingerprint density at radius 2 is 1.69 bits per heavy atom. The normalized spacial score (nSPS) is 16.5. The standard InChI is InChI=1S/C29H31N5O2/c1-20(18-21-13-15-23(16-14-21)22-8-3-2-4-9-22)30-27(35)28(36)31-24-10-7-17-34(19-24)29-32-25-11-5-6-12-26(25)33-29/h2-6,8-9,11-16,20,24H,7,10,17-19H2,1H3,(H,30,35)(H,31,36)(H,32,33). The van der Waals surface area contributed by atoms with Crippen molar-refractivity contribution in [3.05, 3.63) is 84.4 Å². The second-order valence-corrected chi connectivity index (χ2v) is 9.48. The molecular formula is C29H31N5O2. The maximum atomic E-state index is 12.6. The number of amides is 2. The van der Waals surface area contributed by atoms with E-state index in [1.54, 1.807) is 0 Å². The molecule has 1 aromatic heterocycles. The van der Waals surface area contributed by atoms with Gasteiger partial charge in [0.2, 0.25) is 5.95 Å². The largest absolute Gasteiger partial charge is 0.345 e. The van der Waals surface area contributed by atoms with Gasteiger partial charge in [0.25, 0.3) is 0 Å². The van der Waals surface area contributed by atoms with Gasteiger partial charge in [0.1, 0.15) is 0 Å². The number of piperidine rings is 1. The van der Waals surface area contributed by atoms with E-state index in [0.29, 0.717) is 13.0 Å². The van der Waals surface area contributed by atoms with Crippen LogP contribution in [-0.2, 0) is 16.0 Å². The molecular weight excluding hydrogens is 450 g/mol. The van der Waals surface area contributed by atoms with Crippen molar-refractivity contribution < 1.29 is 9.59 Å². The van der Waals surface area contributed by atoms with Crippen LogP contribution in [0.2, 0.25) is 0 Å². The summed E-state index contributed by atoms with van der Waals surface area (Å²) >= 11 is 0. The highest BCUT2D eigenvalue weighted by molar-refractivity contribution is 6.35. The fourth-order valence-corrected chi connectivity index (χ4v) is 4.79. The van der Waals surface area contributed by atoms with E-state index < -0.39 is 11.8 Å². The van der Waals surface area contributed by atoms with Gasteiger partial charge in [-0.15, -0.1) is 0 Å². The van der Waals surface area contributed by atoms with Crippen LogP contribution >= 0.6 is 0 Å². The number of imidazole rings is 1. The molecule has 2 amide bonds. The summed E-state index contributed by atoms with van der Waals surface area (Å²) in [5.74, 6) is -0.381. The molecule has 4 aromatic rings. The first-order valence-electron chi connectivity index (χ1n) is 12.5. The van der Waals surface area contributed by atoms with Crippen LogP contribution in [0.25, 0.3) is 22.2 Å². The summed E-state index contributed by atoms with van der Waals surface area (Å²) in [6.45, 7) is 3.39. The molecule has 1 saturated heterocycles. The van der Waals surface area contributed by atoms with Gasteiger partial charge in [0, 0.05) is 25.2 Å². The van der Waals surface area contributed by atoms with Gasteiger partial charge in [0.15, 0.2) is 0 Å². The Morgan fingerprint density at radius 1 is 0.972 bits per heavy atom. The van der Waals surface area contributed by atoms with Crippen molar-refractivity contribution in [3.8, 4) is 11.1 Å². The predicted octanol–water partition coefficient (Wildman–Crippen LogP) is 4.06. The van der Waals surface area contributed by atoms with E-state index in [9.17, 15) is 9.59 Å². The number of fused-ring (bicyclic) bond motifs is 1. The van der Waals surface area contributed by atoms with Crippen molar-refractivity contribution in [2.24, 2.45) is 0 Å². The lowest BCUT2D eigenvalue weighted by molar-refractivity contribution is -0.140. The Balaban J connectivity index is 1.12. The van der Waals surface area contributed by atoms with Crippen LogP contribution in [0.3, 0.4) is 0 Å². The monoisotopic (exact) mass is 481 g/mol. The van der Waals surface area contributed by atoms with E-state index in [0.717, 1.165) is 47.5 Å². The number of benzene rings is 3. The van der Waals surface area contributed by atoms with Gasteiger partial charge in [-0.05, 0) is 55.0 Å². The highest BCUT2D eigenvalue weighted by Gasteiger charge is 2.26. The molecule has 7 heteroatoms. The fourth-order valence-electron chi connectivity index (χ4n) is 4.79. The number of nitrogens with zero attached hydrogens (tertiary/aromatic N) is 2. The molecule has 184 valence electrons. The van der Waals surface area contributed by atoms with Crippen LogP contribution < -0.4 is 15.5 Å². The number of carbonyl (C=O) groups is 2. The molecule has 2 heterocycles. The summed E-state index contributed by atoms with van der Waals surface area (Å²) in [6, 6.07) is 26.2. The Bertz CT molecular complexity index is 1300. The minimum atomic E-state index is -0.593. The summed E-state index contributed by atoms with van der Waals surface area (Å²) in [4.78, 5) is 35.3. The SMILES string of the molecule is CC(Cc1ccc(-c2ccccc2)cc1)NC(=O)C(=O)NC1CCCN(c2nc3ccccc3[nH]2)C1. The number of H-pyrrole nitrogens is 1. The molecule has 2 atom stereocenters. The molecule has 5 rings (SSSR count). The van der Waals surface area contributed by atoms with Crippen LogP contribution in [0.4, 0.5) is 5.95 Å². The van der Waals surface area contributed by atoms with Crippen molar-refractivity contribution in [2.75, 3.05) is 18.0 Å².